The smallest absolute Gasteiger partial charge is 0.226 e. The van der Waals surface area contributed by atoms with E-state index in [1.165, 1.54) is 0 Å². The summed E-state index contributed by atoms with van der Waals surface area (Å²) in [4.78, 5) is 11.8. The van der Waals surface area contributed by atoms with Gasteiger partial charge in [0.1, 0.15) is 11.9 Å². The number of carbonyl (C=O) groups excluding carboxylic acids is 1. The van der Waals surface area contributed by atoms with E-state index in [0.29, 0.717) is 12.4 Å². The van der Waals surface area contributed by atoms with E-state index in [1.807, 2.05) is 51.1 Å². The van der Waals surface area contributed by atoms with Crippen LogP contribution in [0.5, 0.6) is 5.75 Å². The number of para-hydroxylation sites is 1. The molecule has 100 valence electrons. The van der Waals surface area contributed by atoms with Gasteiger partial charge in [0.05, 0.1) is 12.0 Å². The van der Waals surface area contributed by atoms with Crippen LogP contribution in [-0.2, 0) is 4.79 Å². The van der Waals surface area contributed by atoms with Crippen molar-refractivity contribution in [3.63, 3.8) is 0 Å². The number of halogens is 1. The molecule has 0 fully saturated rings. The molecular formula is C14H20ClNO2. The van der Waals surface area contributed by atoms with E-state index in [2.05, 4.69) is 5.32 Å². The Morgan fingerprint density at radius 2 is 2.00 bits per heavy atom. The van der Waals surface area contributed by atoms with Gasteiger partial charge in [0.15, 0.2) is 0 Å². The summed E-state index contributed by atoms with van der Waals surface area (Å²) in [6.07, 6.45) is -0.0810. The first-order valence-electron chi connectivity index (χ1n) is 6.01. The van der Waals surface area contributed by atoms with Crippen molar-refractivity contribution >= 4 is 17.5 Å². The van der Waals surface area contributed by atoms with E-state index in [0.717, 1.165) is 5.75 Å². The van der Waals surface area contributed by atoms with E-state index in [4.69, 9.17) is 16.3 Å². The first-order chi connectivity index (χ1) is 8.45. The topological polar surface area (TPSA) is 38.3 Å². The maximum absolute atomic E-state index is 11.8. The van der Waals surface area contributed by atoms with Crippen molar-refractivity contribution in [2.24, 2.45) is 5.41 Å². The van der Waals surface area contributed by atoms with Crippen LogP contribution in [0.1, 0.15) is 20.8 Å². The Bertz CT molecular complexity index is 379. The largest absolute Gasteiger partial charge is 0.489 e. The quantitative estimate of drug-likeness (QED) is 0.807. The Morgan fingerprint density at radius 3 is 2.56 bits per heavy atom. The van der Waals surface area contributed by atoms with Gasteiger partial charge in [-0.25, -0.2) is 0 Å². The molecule has 0 aliphatic heterocycles. The van der Waals surface area contributed by atoms with Gasteiger partial charge in [-0.15, -0.1) is 11.6 Å². The number of ether oxygens (including phenoxy) is 1. The Balaban J connectivity index is 2.38. The van der Waals surface area contributed by atoms with Gasteiger partial charge in [-0.3, -0.25) is 4.79 Å². The van der Waals surface area contributed by atoms with Crippen LogP contribution in [0.3, 0.4) is 0 Å². The highest BCUT2D eigenvalue weighted by Crippen LogP contribution is 2.17. The lowest BCUT2D eigenvalue weighted by molar-refractivity contribution is -0.128. The zero-order chi connectivity index (χ0) is 13.6. The molecule has 1 amide bonds. The number of nitrogens with one attached hydrogen (secondary N) is 1. The van der Waals surface area contributed by atoms with Crippen LogP contribution >= 0.6 is 11.6 Å². The molecule has 1 unspecified atom stereocenters. The number of carbonyl (C=O) groups is 1. The summed E-state index contributed by atoms with van der Waals surface area (Å²) in [5.41, 5.74) is -0.548. The Labute approximate surface area is 113 Å². The van der Waals surface area contributed by atoms with Gasteiger partial charge >= 0.3 is 0 Å². The second-order valence-electron chi connectivity index (χ2n) is 4.97. The number of hydrogen-bond donors (Lipinski definition) is 1. The molecule has 18 heavy (non-hydrogen) atoms. The first kappa shape index (κ1) is 14.8. The third-order valence-electron chi connectivity index (χ3n) is 2.58. The molecule has 1 atom stereocenters. The average Bonchev–Trinajstić information content (AvgIpc) is 2.37. The van der Waals surface area contributed by atoms with E-state index in [-0.39, 0.29) is 12.0 Å². The second kappa shape index (κ2) is 6.64. The van der Waals surface area contributed by atoms with Gasteiger partial charge in [-0.05, 0) is 32.9 Å². The third-order valence-corrected chi connectivity index (χ3v) is 3.25. The maximum atomic E-state index is 11.8. The Hall–Kier alpha value is -1.22. The highest BCUT2D eigenvalue weighted by atomic mass is 35.5. The summed E-state index contributed by atoms with van der Waals surface area (Å²) in [7, 11) is 0. The van der Waals surface area contributed by atoms with Crippen molar-refractivity contribution in [2.75, 3.05) is 12.4 Å². The molecule has 1 aromatic rings. The number of alkyl halides is 1. The van der Waals surface area contributed by atoms with Gasteiger partial charge in [0, 0.05) is 5.88 Å². The molecule has 0 aliphatic rings. The van der Waals surface area contributed by atoms with Crippen LogP contribution in [0.15, 0.2) is 30.3 Å². The van der Waals surface area contributed by atoms with Crippen molar-refractivity contribution < 1.29 is 9.53 Å². The van der Waals surface area contributed by atoms with Gasteiger partial charge in [-0.1, -0.05) is 18.2 Å². The standard InChI is InChI=1S/C14H20ClNO2/c1-11(18-12-7-5-4-6-8-12)9-16-13(17)14(2,3)10-15/h4-8,11H,9-10H2,1-3H3,(H,16,17). The fraction of sp³-hybridized carbons (Fsp3) is 0.500. The van der Waals surface area contributed by atoms with Crippen LogP contribution in [0.25, 0.3) is 0 Å². The van der Waals surface area contributed by atoms with Crippen LogP contribution < -0.4 is 10.1 Å². The predicted octanol–water partition coefficient (Wildman–Crippen LogP) is 2.84. The van der Waals surface area contributed by atoms with Crippen LogP contribution in [0.4, 0.5) is 0 Å². The van der Waals surface area contributed by atoms with Crippen molar-refractivity contribution in [3.8, 4) is 5.75 Å². The zero-order valence-electron chi connectivity index (χ0n) is 11.1. The fourth-order valence-corrected chi connectivity index (χ4v) is 1.43. The van der Waals surface area contributed by atoms with Crippen LogP contribution in [-0.4, -0.2) is 24.4 Å². The number of benzene rings is 1. The van der Waals surface area contributed by atoms with Crippen LogP contribution in [0, 0.1) is 5.41 Å². The molecule has 3 nitrogen and oxygen atoms in total. The molecule has 0 spiro atoms. The minimum atomic E-state index is -0.548. The van der Waals surface area contributed by atoms with E-state index < -0.39 is 5.41 Å². The molecule has 0 heterocycles. The molecule has 0 aliphatic carbocycles. The lowest BCUT2D eigenvalue weighted by Crippen LogP contribution is -2.42. The van der Waals surface area contributed by atoms with Gasteiger partial charge in [0.2, 0.25) is 5.91 Å². The molecule has 0 saturated carbocycles. The lowest BCUT2D eigenvalue weighted by Gasteiger charge is -2.22. The maximum Gasteiger partial charge on any atom is 0.226 e. The molecule has 1 aromatic carbocycles. The summed E-state index contributed by atoms with van der Waals surface area (Å²) in [6, 6.07) is 9.54. The zero-order valence-corrected chi connectivity index (χ0v) is 11.8. The molecule has 0 aromatic heterocycles. The van der Waals surface area contributed by atoms with Crippen molar-refractivity contribution in [1.82, 2.24) is 5.32 Å². The SMILES string of the molecule is CC(CNC(=O)C(C)(C)CCl)Oc1ccccc1. The molecular weight excluding hydrogens is 250 g/mol. The molecule has 4 heteroatoms. The minimum absolute atomic E-state index is 0.0546. The van der Waals surface area contributed by atoms with E-state index in [1.54, 1.807) is 0 Å². The van der Waals surface area contributed by atoms with Gasteiger partial charge in [0.25, 0.3) is 0 Å². The summed E-state index contributed by atoms with van der Waals surface area (Å²) < 4.78 is 5.66. The van der Waals surface area contributed by atoms with Crippen molar-refractivity contribution in [2.45, 2.75) is 26.9 Å². The van der Waals surface area contributed by atoms with Crippen molar-refractivity contribution in [1.29, 1.82) is 0 Å². The summed E-state index contributed by atoms with van der Waals surface area (Å²) in [5, 5.41) is 2.85. The van der Waals surface area contributed by atoms with E-state index in [9.17, 15) is 4.79 Å². The highest BCUT2D eigenvalue weighted by Gasteiger charge is 2.26. The Kier molecular flexibility index (Phi) is 5.48. The molecule has 1 N–H and O–H groups in total. The van der Waals surface area contributed by atoms with Crippen molar-refractivity contribution in [3.05, 3.63) is 30.3 Å². The average molecular weight is 270 g/mol. The summed E-state index contributed by atoms with van der Waals surface area (Å²) in [5.74, 6) is 1.05. The highest BCUT2D eigenvalue weighted by molar-refractivity contribution is 6.19. The van der Waals surface area contributed by atoms with Crippen LogP contribution in [0.2, 0.25) is 0 Å². The molecule has 0 saturated heterocycles. The Morgan fingerprint density at radius 1 is 1.39 bits per heavy atom. The second-order valence-corrected chi connectivity index (χ2v) is 5.24. The fourth-order valence-electron chi connectivity index (χ4n) is 1.31. The molecule has 0 bridgehead atoms. The normalized spacial score (nSPS) is 12.9. The number of rotatable bonds is 6. The number of hydrogen-bond acceptors (Lipinski definition) is 2. The summed E-state index contributed by atoms with van der Waals surface area (Å²) >= 11 is 5.74. The molecule has 1 rings (SSSR count). The third kappa shape index (κ3) is 4.57. The predicted molar refractivity (Wildman–Crippen MR) is 74.0 cm³/mol. The monoisotopic (exact) mass is 269 g/mol. The van der Waals surface area contributed by atoms with Gasteiger partial charge in [-0.2, -0.15) is 0 Å². The van der Waals surface area contributed by atoms with E-state index >= 15 is 0 Å². The lowest BCUT2D eigenvalue weighted by atomic mass is 9.95. The van der Waals surface area contributed by atoms with Gasteiger partial charge < -0.3 is 10.1 Å². The number of amides is 1. The summed E-state index contributed by atoms with van der Waals surface area (Å²) in [6.45, 7) is 6.02. The molecule has 0 radical (unpaired) electrons. The first-order valence-corrected chi connectivity index (χ1v) is 6.55. The minimum Gasteiger partial charge on any atom is -0.489 e.